The van der Waals surface area contributed by atoms with Crippen LogP contribution in [0.4, 0.5) is 10.7 Å². The molecule has 3 aromatic rings. The summed E-state index contributed by atoms with van der Waals surface area (Å²) in [5, 5.41) is 11.1. The summed E-state index contributed by atoms with van der Waals surface area (Å²) in [5.74, 6) is -1.87. The number of imide groups is 1. The van der Waals surface area contributed by atoms with Crippen LogP contribution in [-0.4, -0.2) is 42.6 Å². The van der Waals surface area contributed by atoms with Gasteiger partial charge in [-0.1, -0.05) is 24.3 Å². The summed E-state index contributed by atoms with van der Waals surface area (Å²) in [6.07, 6.45) is 0. The van der Waals surface area contributed by atoms with E-state index in [1.165, 1.54) is 30.3 Å². The smallest absolute Gasteiger partial charge is 0.341 e. The summed E-state index contributed by atoms with van der Waals surface area (Å²) in [6, 6.07) is 12.4. The molecule has 0 unspecified atom stereocenters. The van der Waals surface area contributed by atoms with Crippen LogP contribution in [0.1, 0.15) is 42.9 Å². The van der Waals surface area contributed by atoms with Crippen molar-refractivity contribution < 1.29 is 32.5 Å². The Morgan fingerprint density at radius 2 is 1.69 bits per heavy atom. The van der Waals surface area contributed by atoms with Gasteiger partial charge in [0.15, 0.2) is 4.90 Å². The predicted octanol–water partition coefficient (Wildman–Crippen LogP) is 3.43. The number of thiophene rings is 1. The molecule has 1 aromatic heterocycles. The summed E-state index contributed by atoms with van der Waals surface area (Å²) >= 11 is 0.812. The van der Waals surface area contributed by atoms with Gasteiger partial charge in [0.1, 0.15) is 5.00 Å². The normalized spacial score (nSPS) is 13.0. The number of benzene rings is 2. The minimum atomic E-state index is -4.48. The van der Waals surface area contributed by atoms with Gasteiger partial charge in [0.2, 0.25) is 0 Å². The molecule has 0 fully saturated rings. The third kappa shape index (κ3) is 4.50. The number of amides is 2. The van der Waals surface area contributed by atoms with Crippen LogP contribution < -0.4 is 4.72 Å². The fourth-order valence-corrected chi connectivity index (χ4v) is 6.03. The third-order valence-electron chi connectivity index (χ3n) is 5.05. The highest BCUT2D eigenvalue weighted by Gasteiger charge is 2.36. The van der Waals surface area contributed by atoms with Crippen LogP contribution in [0.2, 0.25) is 0 Å². The van der Waals surface area contributed by atoms with Crippen LogP contribution in [0.15, 0.2) is 59.5 Å². The molecule has 4 rings (SSSR count). The summed E-state index contributed by atoms with van der Waals surface area (Å²) in [4.78, 5) is 49.1. The van der Waals surface area contributed by atoms with Crippen molar-refractivity contribution in [1.82, 2.24) is 4.90 Å². The van der Waals surface area contributed by atoms with Crippen LogP contribution in [0.25, 0.3) is 0 Å². The molecule has 2 amide bonds. The van der Waals surface area contributed by atoms with E-state index in [4.69, 9.17) is 4.74 Å². The van der Waals surface area contributed by atoms with E-state index >= 15 is 0 Å². The Hall–Kier alpha value is -4.10. The van der Waals surface area contributed by atoms with E-state index in [2.05, 4.69) is 4.72 Å². The Kier molecular flexibility index (Phi) is 6.37. The van der Waals surface area contributed by atoms with Crippen LogP contribution in [-0.2, 0) is 21.3 Å². The van der Waals surface area contributed by atoms with Crippen molar-refractivity contribution in [1.29, 1.82) is 0 Å². The number of carbonyl (C=O) groups is 3. The highest BCUT2D eigenvalue weighted by molar-refractivity contribution is 7.93. The summed E-state index contributed by atoms with van der Waals surface area (Å²) in [6.45, 7) is 1.37. The highest BCUT2D eigenvalue weighted by atomic mass is 32.2. The van der Waals surface area contributed by atoms with Gasteiger partial charge in [0.05, 0.1) is 34.8 Å². The number of carbonyl (C=O) groups excluding carboxylic acids is 3. The molecule has 0 atom stereocenters. The molecule has 0 bridgehead atoms. The minimum absolute atomic E-state index is 0.0127. The second kappa shape index (κ2) is 9.27. The molecular formula is C22H17N3O8S2. The Labute approximate surface area is 203 Å². The largest absolute Gasteiger partial charge is 0.462 e. The first-order valence-corrected chi connectivity index (χ1v) is 12.4. The van der Waals surface area contributed by atoms with Gasteiger partial charge in [0.25, 0.3) is 27.5 Å². The van der Waals surface area contributed by atoms with Crippen molar-refractivity contribution in [2.45, 2.75) is 18.4 Å². The first-order valence-electron chi connectivity index (χ1n) is 10.1. The summed E-state index contributed by atoms with van der Waals surface area (Å²) < 4.78 is 33.2. The van der Waals surface area contributed by atoms with E-state index in [1.54, 1.807) is 19.1 Å². The lowest BCUT2D eigenvalue weighted by Crippen LogP contribution is -2.28. The summed E-state index contributed by atoms with van der Waals surface area (Å²) in [7, 11) is -4.48. The molecule has 35 heavy (non-hydrogen) atoms. The lowest BCUT2D eigenvalue weighted by molar-refractivity contribution is -0.387. The fraction of sp³-hybridized carbons (Fsp3) is 0.136. The molecule has 13 heteroatoms. The monoisotopic (exact) mass is 515 g/mol. The molecule has 180 valence electrons. The van der Waals surface area contributed by atoms with E-state index in [0.29, 0.717) is 4.88 Å². The fourth-order valence-electron chi connectivity index (χ4n) is 3.51. The molecule has 11 nitrogen and oxygen atoms in total. The number of ether oxygens (including phenoxy) is 1. The van der Waals surface area contributed by atoms with Crippen molar-refractivity contribution in [2.75, 3.05) is 11.3 Å². The molecule has 2 heterocycles. The molecule has 0 radical (unpaired) electrons. The van der Waals surface area contributed by atoms with Crippen molar-refractivity contribution in [3.63, 3.8) is 0 Å². The zero-order chi connectivity index (χ0) is 25.3. The first kappa shape index (κ1) is 24.0. The van der Waals surface area contributed by atoms with Crippen LogP contribution in [0, 0.1) is 10.1 Å². The molecular weight excluding hydrogens is 498 g/mol. The van der Waals surface area contributed by atoms with E-state index in [0.717, 1.165) is 28.4 Å². The van der Waals surface area contributed by atoms with Gasteiger partial charge in [-0.25, -0.2) is 13.2 Å². The van der Waals surface area contributed by atoms with Crippen molar-refractivity contribution in [3.05, 3.63) is 86.3 Å². The standard InChI is InChI=1S/C22H17N3O8S2/c1-2-33-22(28)16-11-13(12-24-20(26)14-7-3-4-8-15(14)21(24)27)34-19(16)23-35(31,32)18-10-6-5-9-17(18)25(29)30/h3-11,23H,2,12H2,1H3. The number of nitro benzene ring substituents is 1. The maximum atomic E-state index is 13.0. The van der Waals surface area contributed by atoms with Gasteiger partial charge < -0.3 is 4.74 Å². The molecule has 2 aromatic carbocycles. The maximum absolute atomic E-state index is 13.0. The highest BCUT2D eigenvalue weighted by Crippen LogP contribution is 2.35. The van der Waals surface area contributed by atoms with Gasteiger partial charge in [-0.05, 0) is 31.2 Å². The van der Waals surface area contributed by atoms with E-state index in [9.17, 15) is 32.9 Å². The molecule has 0 saturated carbocycles. The lowest BCUT2D eigenvalue weighted by atomic mass is 10.1. The third-order valence-corrected chi connectivity index (χ3v) is 7.61. The lowest BCUT2D eigenvalue weighted by Gasteiger charge is -2.12. The van der Waals surface area contributed by atoms with Crippen LogP contribution >= 0.6 is 11.3 Å². The number of para-hydroxylation sites is 1. The van der Waals surface area contributed by atoms with E-state index in [-0.39, 0.29) is 34.8 Å². The van der Waals surface area contributed by atoms with Crippen molar-refractivity contribution >= 4 is 49.8 Å². The number of fused-ring (bicyclic) bond motifs is 1. The number of hydrogen-bond acceptors (Lipinski definition) is 9. The average molecular weight is 516 g/mol. The van der Waals surface area contributed by atoms with E-state index in [1.807, 2.05) is 0 Å². The molecule has 1 aliphatic rings. The number of nitrogens with one attached hydrogen (secondary N) is 1. The second-order valence-electron chi connectivity index (χ2n) is 7.25. The number of hydrogen-bond donors (Lipinski definition) is 1. The van der Waals surface area contributed by atoms with Gasteiger partial charge in [0, 0.05) is 10.9 Å². The number of rotatable bonds is 8. The number of nitro groups is 1. The number of esters is 1. The first-order chi connectivity index (χ1) is 16.6. The average Bonchev–Trinajstić information content (AvgIpc) is 3.33. The number of sulfonamides is 1. The van der Waals surface area contributed by atoms with Gasteiger partial charge >= 0.3 is 5.97 Å². The zero-order valence-corrected chi connectivity index (χ0v) is 19.7. The van der Waals surface area contributed by atoms with Crippen molar-refractivity contribution in [2.24, 2.45) is 0 Å². The SMILES string of the molecule is CCOC(=O)c1cc(CN2C(=O)c3ccccc3C2=O)sc1NS(=O)(=O)c1ccccc1[N+](=O)[O-]. The predicted molar refractivity (Wildman–Crippen MR) is 125 cm³/mol. The second-order valence-corrected chi connectivity index (χ2v) is 10.0. The molecule has 0 aliphatic carbocycles. The van der Waals surface area contributed by atoms with Gasteiger partial charge in [-0.15, -0.1) is 11.3 Å². The Balaban J connectivity index is 1.69. The quantitative estimate of drug-likeness (QED) is 0.207. The Bertz CT molecular complexity index is 1440. The number of nitrogens with zero attached hydrogens (tertiary/aromatic N) is 2. The minimum Gasteiger partial charge on any atom is -0.462 e. The topological polar surface area (TPSA) is 153 Å². The van der Waals surface area contributed by atoms with Gasteiger partial charge in [-0.2, -0.15) is 0 Å². The summed E-state index contributed by atoms with van der Waals surface area (Å²) in [5.41, 5.74) is -0.292. The van der Waals surface area contributed by atoms with Crippen LogP contribution in [0.3, 0.4) is 0 Å². The number of anilines is 1. The maximum Gasteiger partial charge on any atom is 0.341 e. The molecule has 0 spiro atoms. The zero-order valence-electron chi connectivity index (χ0n) is 18.1. The van der Waals surface area contributed by atoms with Crippen LogP contribution in [0.5, 0.6) is 0 Å². The Morgan fingerprint density at radius 1 is 1.09 bits per heavy atom. The van der Waals surface area contributed by atoms with E-state index < -0.39 is 43.3 Å². The van der Waals surface area contributed by atoms with Gasteiger partial charge in [-0.3, -0.25) is 29.3 Å². The molecule has 0 saturated heterocycles. The molecule has 1 aliphatic heterocycles. The van der Waals surface area contributed by atoms with Crippen molar-refractivity contribution in [3.8, 4) is 0 Å². The molecule has 1 N–H and O–H groups in total. The Morgan fingerprint density at radius 3 is 2.29 bits per heavy atom.